The summed E-state index contributed by atoms with van der Waals surface area (Å²) >= 11 is 0. The van der Waals surface area contributed by atoms with Crippen LogP contribution in [0.3, 0.4) is 0 Å². The van der Waals surface area contributed by atoms with Crippen LogP contribution in [0.5, 0.6) is 0 Å². The van der Waals surface area contributed by atoms with E-state index in [1.807, 2.05) is 6.92 Å². The number of aliphatic hydroxyl groups excluding tert-OH is 1. The zero-order valence-electron chi connectivity index (χ0n) is 11.8. The van der Waals surface area contributed by atoms with Crippen LogP contribution in [-0.2, 0) is 9.53 Å². The standard InChI is InChI=1S/C15H26O3/c1-10(16)13-8-9-15(13,2)12-6-4-11(5-7-12)14(17)18-3/h10-13,16H,4-9H2,1-3H3/t10-,11?,12?,13-,15-/m1/s1. The Morgan fingerprint density at radius 3 is 2.28 bits per heavy atom. The monoisotopic (exact) mass is 254 g/mol. The molecule has 2 rings (SSSR count). The zero-order chi connectivity index (χ0) is 13.3. The molecule has 2 saturated carbocycles. The third-order valence-electron chi connectivity index (χ3n) is 5.62. The molecule has 0 aliphatic heterocycles. The third-order valence-corrected chi connectivity index (χ3v) is 5.62. The number of carbonyl (C=O) groups is 1. The highest BCUT2D eigenvalue weighted by Gasteiger charge is 2.50. The summed E-state index contributed by atoms with van der Waals surface area (Å²) in [6.07, 6.45) is 6.33. The molecular weight excluding hydrogens is 228 g/mol. The zero-order valence-corrected chi connectivity index (χ0v) is 11.8. The van der Waals surface area contributed by atoms with Gasteiger partial charge < -0.3 is 9.84 Å². The Kier molecular flexibility index (Phi) is 4.00. The van der Waals surface area contributed by atoms with Gasteiger partial charge in [-0.3, -0.25) is 4.79 Å². The van der Waals surface area contributed by atoms with Gasteiger partial charge in [0.15, 0.2) is 0 Å². The van der Waals surface area contributed by atoms with Crippen molar-refractivity contribution in [2.45, 2.75) is 58.5 Å². The fraction of sp³-hybridized carbons (Fsp3) is 0.933. The van der Waals surface area contributed by atoms with E-state index in [2.05, 4.69) is 6.92 Å². The first-order chi connectivity index (χ1) is 8.49. The second-order valence-corrected chi connectivity index (χ2v) is 6.46. The Morgan fingerprint density at radius 1 is 1.28 bits per heavy atom. The lowest BCUT2D eigenvalue weighted by Crippen LogP contribution is -2.49. The van der Waals surface area contributed by atoms with Crippen LogP contribution in [0, 0.1) is 23.2 Å². The highest BCUT2D eigenvalue weighted by molar-refractivity contribution is 5.72. The molecule has 2 aliphatic carbocycles. The van der Waals surface area contributed by atoms with Crippen LogP contribution >= 0.6 is 0 Å². The lowest BCUT2D eigenvalue weighted by atomic mass is 9.51. The molecule has 2 fully saturated rings. The number of aliphatic hydroxyl groups is 1. The van der Waals surface area contributed by atoms with Crippen molar-refractivity contribution in [2.24, 2.45) is 23.2 Å². The summed E-state index contributed by atoms with van der Waals surface area (Å²) in [5.74, 6) is 1.20. The second kappa shape index (κ2) is 5.20. The predicted octanol–water partition coefficient (Wildman–Crippen LogP) is 2.76. The van der Waals surface area contributed by atoms with Crippen molar-refractivity contribution >= 4 is 5.97 Å². The number of rotatable bonds is 3. The third kappa shape index (κ3) is 2.29. The molecule has 104 valence electrons. The van der Waals surface area contributed by atoms with E-state index in [-0.39, 0.29) is 18.0 Å². The molecule has 0 bridgehead atoms. The molecule has 2 aliphatic rings. The van der Waals surface area contributed by atoms with Crippen LogP contribution in [0.1, 0.15) is 52.4 Å². The SMILES string of the molecule is COC(=O)C1CCC([C@@]2(C)CC[C@@H]2[C@@H](C)O)CC1. The number of esters is 1. The summed E-state index contributed by atoms with van der Waals surface area (Å²) in [6.45, 7) is 4.25. The van der Waals surface area contributed by atoms with E-state index in [0.717, 1.165) is 32.1 Å². The molecule has 0 aromatic heterocycles. The van der Waals surface area contributed by atoms with Crippen LogP contribution in [0.2, 0.25) is 0 Å². The molecule has 0 heterocycles. The lowest BCUT2D eigenvalue weighted by Gasteiger charge is -2.55. The van der Waals surface area contributed by atoms with E-state index >= 15 is 0 Å². The largest absolute Gasteiger partial charge is 0.469 e. The molecule has 0 aromatic rings. The van der Waals surface area contributed by atoms with Crippen LogP contribution < -0.4 is 0 Å². The first kappa shape index (κ1) is 13.9. The minimum absolute atomic E-state index is 0.0423. The van der Waals surface area contributed by atoms with Crippen molar-refractivity contribution in [1.82, 2.24) is 0 Å². The maximum atomic E-state index is 11.5. The van der Waals surface area contributed by atoms with Gasteiger partial charge in [-0.1, -0.05) is 6.92 Å². The molecule has 1 N–H and O–H groups in total. The van der Waals surface area contributed by atoms with E-state index in [1.165, 1.54) is 13.5 Å². The van der Waals surface area contributed by atoms with Gasteiger partial charge in [-0.05, 0) is 62.7 Å². The van der Waals surface area contributed by atoms with E-state index in [1.54, 1.807) is 0 Å². The Balaban J connectivity index is 1.92. The number of carbonyl (C=O) groups excluding carboxylic acids is 1. The quantitative estimate of drug-likeness (QED) is 0.788. The maximum absolute atomic E-state index is 11.5. The molecular formula is C15H26O3. The minimum atomic E-state index is -0.193. The van der Waals surface area contributed by atoms with E-state index < -0.39 is 0 Å². The van der Waals surface area contributed by atoms with Crippen LogP contribution in [0.25, 0.3) is 0 Å². The van der Waals surface area contributed by atoms with Gasteiger partial charge in [0.1, 0.15) is 0 Å². The average molecular weight is 254 g/mol. The number of hydrogen-bond acceptors (Lipinski definition) is 3. The van der Waals surface area contributed by atoms with Crippen LogP contribution in [-0.4, -0.2) is 24.3 Å². The number of ether oxygens (including phenoxy) is 1. The average Bonchev–Trinajstić information content (AvgIpc) is 2.35. The number of hydrogen-bond donors (Lipinski definition) is 1. The fourth-order valence-electron chi connectivity index (χ4n) is 4.22. The van der Waals surface area contributed by atoms with Gasteiger partial charge in [-0.2, -0.15) is 0 Å². The number of methoxy groups -OCH3 is 1. The Bertz CT molecular complexity index is 305. The van der Waals surface area contributed by atoms with E-state index in [0.29, 0.717) is 17.3 Å². The van der Waals surface area contributed by atoms with E-state index in [9.17, 15) is 9.90 Å². The summed E-state index contributed by atoms with van der Waals surface area (Å²) in [4.78, 5) is 11.5. The van der Waals surface area contributed by atoms with Crippen LogP contribution in [0.4, 0.5) is 0 Å². The van der Waals surface area contributed by atoms with Gasteiger partial charge in [0.05, 0.1) is 19.1 Å². The molecule has 3 nitrogen and oxygen atoms in total. The highest BCUT2D eigenvalue weighted by atomic mass is 16.5. The molecule has 18 heavy (non-hydrogen) atoms. The molecule has 3 heteroatoms. The smallest absolute Gasteiger partial charge is 0.308 e. The van der Waals surface area contributed by atoms with Gasteiger partial charge in [-0.15, -0.1) is 0 Å². The van der Waals surface area contributed by atoms with Crippen molar-refractivity contribution < 1.29 is 14.6 Å². The van der Waals surface area contributed by atoms with Crippen molar-refractivity contribution in [1.29, 1.82) is 0 Å². The summed E-state index contributed by atoms with van der Waals surface area (Å²) in [6, 6.07) is 0. The second-order valence-electron chi connectivity index (χ2n) is 6.46. The topological polar surface area (TPSA) is 46.5 Å². The van der Waals surface area contributed by atoms with Gasteiger partial charge in [0.2, 0.25) is 0 Å². The highest BCUT2D eigenvalue weighted by Crippen LogP contribution is 2.57. The van der Waals surface area contributed by atoms with Gasteiger partial charge in [-0.25, -0.2) is 0 Å². The van der Waals surface area contributed by atoms with Crippen LogP contribution in [0.15, 0.2) is 0 Å². The molecule has 0 aromatic carbocycles. The van der Waals surface area contributed by atoms with Crippen molar-refractivity contribution in [2.75, 3.05) is 7.11 Å². The van der Waals surface area contributed by atoms with E-state index in [4.69, 9.17) is 4.74 Å². The summed E-state index contributed by atoms with van der Waals surface area (Å²) in [7, 11) is 1.48. The van der Waals surface area contributed by atoms with Gasteiger partial charge in [0, 0.05) is 0 Å². The molecule has 0 spiro atoms. The Morgan fingerprint density at radius 2 is 1.89 bits per heavy atom. The molecule has 0 amide bonds. The molecule has 0 saturated heterocycles. The molecule has 3 atom stereocenters. The van der Waals surface area contributed by atoms with Gasteiger partial charge in [0.25, 0.3) is 0 Å². The summed E-state index contributed by atoms with van der Waals surface area (Å²) in [5.41, 5.74) is 0.301. The fourth-order valence-corrected chi connectivity index (χ4v) is 4.22. The Hall–Kier alpha value is -0.570. The normalized spacial score (nSPS) is 41.9. The minimum Gasteiger partial charge on any atom is -0.469 e. The first-order valence-electron chi connectivity index (χ1n) is 7.25. The lowest BCUT2D eigenvalue weighted by molar-refractivity contribution is -0.148. The van der Waals surface area contributed by atoms with Gasteiger partial charge >= 0.3 is 5.97 Å². The molecule has 0 unspecified atom stereocenters. The summed E-state index contributed by atoms with van der Waals surface area (Å²) in [5, 5.41) is 9.84. The van der Waals surface area contributed by atoms with Crippen molar-refractivity contribution in [3.8, 4) is 0 Å². The first-order valence-corrected chi connectivity index (χ1v) is 7.25. The predicted molar refractivity (Wildman–Crippen MR) is 70.0 cm³/mol. The van der Waals surface area contributed by atoms with Crippen molar-refractivity contribution in [3.05, 3.63) is 0 Å². The van der Waals surface area contributed by atoms with Crippen molar-refractivity contribution in [3.63, 3.8) is 0 Å². The molecule has 0 radical (unpaired) electrons. The maximum Gasteiger partial charge on any atom is 0.308 e. The summed E-state index contributed by atoms with van der Waals surface area (Å²) < 4.78 is 4.83. The Labute approximate surface area is 110 Å².